The van der Waals surface area contributed by atoms with Crippen LogP contribution in [0.1, 0.15) is 67.2 Å². The van der Waals surface area contributed by atoms with Crippen molar-refractivity contribution in [3.8, 4) is 0 Å². The maximum atomic E-state index is 14.5. The molecule has 0 unspecified atom stereocenters. The summed E-state index contributed by atoms with van der Waals surface area (Å²) in [5, 5.41) is 14.3. The predicted octanol–water partition coefficient (Wildman–Crippen LogP) is 4.02. The number of hydrogen-bond acceptors (Lipinski definition) is 10. The average molecular weight is 689 g/mol. The molecule has 276 valence electrons. The summed E-state index contributed by atoms with van der Waals surface area (Å²) in [6.45, 7) is 12.9. The highest BCUT2D eigenvalue weighted by molar-refractivity contribution is 6.04. The van der Waals surface area contributed by atoms with E-state index in [1.54, 1.807) is 32.8 Å². The highest BCUT2D eigenvalue weighted by Crippen LogP contribution is 2.40. The molecule has 12 nitrogen and oxygen atoms in total. The molecule has 3 saturated heterocycles. The number of ether oxygens (including phenoxy) is 4. The minimum atomic E-state index is -1.52. The number of rotatable bonds is 5. The lowest BCUT2D eigenvalue weighted by molar-refractivity contribution is -0.295. The summed E-state index contributed by atoms with van der Waals surface area (Å²) in [5.41, 5.74) is -2.65. The number of likely N-dealkylation sites (N-methyl/N-ethyl adjacent to an activating group) is 2. The van der Waals surface area contributed by atoms with Gasteiger partial charge in [0.05, 0.1) is 17.8 Å². The van der Waals surface area contributed by atoms with Crippen molar-refractivity contribution in [1.29, 1.82) is 0 Å². The van der Waals surface area contributed by atoms with Crippen LogP contribution in [0.2, 0.25) is 0 Å². The second kappa shape index (κ2) is 15.7. The third kappa shape index (κ3) is 9.01. The van der Waals surface area contributed by atoms with Crippen molar-refractivity contribution in [2.75, 3.05) is 59.7 Å². The maximum Gasteiger partial charge on any atom is 0.321 e. The van der Waals surface area contributed by atoms with Crippen molar-refractivity contribution in [3.05, 3.63) is 30.3 Å². The van der Waals surface area contributed by atoms with Crippen LogP contribution in [0.15, 0.2) is 30.3 Å². The van der Waals surface area contributed by atoms with Crippen LogP contribution in [0.25, 0.3) is 0 Å². The van der Waals surface area contributed by atoms with Gasteiger partial charge in [-0.15, -0.1) is 0 Å². The Balaban J connectivity index is 1.61. The molecular formula is C37H60N4O8. The number of amides is 2. The van der Waals surface area contributed by atoms with Gasteiger partial charge in [-0.2, -0.15) is 0 Å². The Morgan fingerprint density at radius 1 is 1.06 bits per heavy atom. The Kier molecular flexibility index (Phi) is 12.6. The number of carbonyl (C=O) groups excluding carboxylic acids is 3. The SMILES string of the molecule is CO[C@]1(C)C[C@@H](C)CN(C)CC2(CCN(C(=O)Nc3ccccc3)CC2)OC(=O)C(C)(C)C(=O)[C@H](C)[C@H]1O[C@@H]1O[C@H](C)C[C@H](N(C)C)[C@H]1O. The molecule has 1 aromatic rings. The molecule has 0 aromatic heterocycles. The highest BCUT2D eigenvalue weighted by atomic mass is 16.7. The van der Waals surface area contributed by atoms with E-state index in [-0.39, 0.29) is 29.9 Å². The normalized spacial score (nSPS) is 34.9. The number of aliphatic hydroxyl groups excluding tert-OH is 1. The molecule has 1 spiro atoms. The minimum Gasteiger partial charge on any atom is -0.457 e. The standard InChI is InChI=1S/C37H60N4O8/c1-24-21-36(6,46-10)31(48-32-29(42)28(39(7)8)20-25(2)47-32)26(3)30(43)35(4,5)33(44)49-37(23-40(9)22-24)16-18-41(19-17-37)34(45)38-27-14-12-11-13-15-27/h11-15,24-26,28-29,31-32,42H,16-23H2,1-10H3,(H,38,45)/t24-,25-,26+,28+,29-,31-,32+,36-/m1/s1. The lowest BCUT2D eigenvalue weighted by atomic mass is 9.74. The first-order valence-electron chi connectivity index (χ1n) is 17.7. The number of likely N-dealkylation sites (tertiary alicyclic amines) is 1. The van der Waals surface area contributed by atoms with Gasteiger partial charge in [0.1, 0.15) is 17.1 Å². The molecular weight excluding hydrogens is 628 g/mol. The summed E-state index contributed by atoms with van der Waals surface area (Å²) >= 11 is 0. The van der Waals surface area contributed by atoms with Gasteiger partial charge in [0.25, 0.3) is 0 Å². The van der Waals surface area contributed by atoms with Gasteiger partial charge in [0.15, 0.2) is 12.1 Å². The lowest BCUT2D eigenvalue weighted by Gasteiger charge is -2.47. The molecule has 0 aliphatic carbocycles. The third-order valence-electron chi connectivity index (χ3n) is 10.9. The maximum absolute atomic E-state index is 14.5. The molecule has 2 amide bonds. The number of benzene rings is 1. The summed E-state index contributed by atoms with van der Waals surface area (Å²) in [6, 6.07) is 8.90. The van der Waals surface area contributed by atoms with Gasteiger partial charge in [0, 0.05) is 63.8 Å². The second-order valence-electron chi connectivity index (χ2n) is 15.8. The number of para-hydroxylation sites is 1. The summed E-state index contributed by atoms with van der Waals surface area (Å²) < 4.78 is 25.4. The first-order valence-corrected chi connectivity index (χ1v) is 17.7. The molecule has 3 aliphatic rings. The summed E-state index contributed by atoms with van der Waals surface area (Å²) in [6.07, 6.45) is -0.940. The van der Waals surface area contributed by atoms with Gasteiger partial charge in [-0.3, -0.25) is 9.59 Å². The summed E-state index contributed by atoms with van der Waals surface area (Å²) in [5.74, 6) is -1.68. The topological polar surface area (TPSA) is 130 Å². The van der Waals surface area contributed by atoms with E-state index < -0.39 is 47.0 Å². The third-order valence-corrected chi connectivity index (χ3v) is 10.9. The number of carbonyl (C=O) groups is 3. The molecule has 4 rings (SSSR count). The zero-order valence-electron chi connectivity index (χ0n) is 31.2. The van der Waals surface area contributed by atoms with E-state index in [2.05, 4.69) is 17.1 Å². The molecule has 1 aromatic carbocycles. The first-order chi connectivity index (χ1) is 22.9. The van der Waals surface area contributed by atoms with Crippen LogP contribution in [0.5, 0.6) is 0 Å². The van der Waals surface area contributed by atoms with Crippen LogP contribution in [0, 0.1) is 17.3 Å². The summed E-state index contributed by atoms with van der Waals surface area (Å²) in [4.78, 5) is 47.6. The smallest absolute Gasteiger partial charge is 0.321 e. The number of piperidine rings is 1. The average Bonchev–Trinajstić information content (AvgIpc) is 3.04. The van der Waals surface area contributed by atoms with Gasteiger partial charge in [-0.05, 0) is 79.7 Å². The molecule has 3 fully saturated rings. The van der Waals surface area contributed by atoms with Crippen LogP contribution >= 0.6 is 0 Å². The van der Waals surface area contributed by atoms with Crippen LogP contribution < -0.4 is 5.32 Å². The Hall–Kier alpha value is -2.61. The Labute approximate surface area is 292 Å². The van der Waals surface area contributed by atoms with Crippen molar-refractivity contribution in [2.45, 2.75) is 109 Å². The lowest BCUT2D eigenvalue weighted by Crippen LogP contribution is -2.59. The van der Waals surface area contributed by atoms with Crippen LogP contribution in [0.4, 0.5) is 10.5 Å². The Morgan fingerprint density at radius 2 is 1.69 bits per heavy atom. The number of Topliss-reactive ketones (excluding diaryl/α,β-unsaturated/α-hetero) is 1. The van der Waals surface area contributed by atoms with E-state index >= 15 is 0 Å². The minimum absolute atomic E-state index is 0.0900. The molecule has 2 N–H and O–H groups in total. The van der Waals surface area contributed by atoms with Gasteiger partial charge in [-0.25, -0.2) is 4.79 Å². The fourth-order valence-electron chi connectivity index (χ4n) is 8.02. The molecule has 3 heterocycles. The number of urea groups is 1. The number of methoxy groups -OCH3 is 1. The van der Waals surface area contributed by atoms with Crippen molar-refractivity contribution in [2.24, 2.45) is 17.3 Å². The number of esters is 1. The summed E-state index contributed by atoms with van der Waals surface area (Å²) in [7, 11) is 7.44. The molecule has 12 heteroatoms. The molecule has 3 aliphatic heterocycles. The quantitative estimate of drug-likeness (QED) is 0.346. The molecule has 8 atom stereocenters. The van der Waals surface area contributed by atoms with E-state index in [1.807, 2.05) is 70.2 Å². The van der Waals surface area contributed by atoms with Crippen LogP contribution in [-0.2, 0) is 28.5 Å². The monoisotopic (exact) mass is 688 g/mol. The highest BCUT2D eigenvalue weighted by Gasteiger charge is 2.53. The number of nitrogens with one attached hydrogen (secondary N) is 1. The van der Waals surface area contributed by atoms with Crippen LogP contribution in [0.3, 0.4) is 0 Å². The number of aliphatic hydroxyl groups is 1. The fraction of sp³-hybridized carbons (Fsp3) is 0.757. The van der Waals surface area contributed by atoms with Gasteiger partial charge in [-0.1, -0.05) is 32.0 Å². The Morgan fingerprint density at radius 3 is 2.29 bits per heavy atom. The molecule has 0 saturated carbocycles. The van der Waals surface area contributed by atoms with Gasteiger partial charge < -0.3 is 44.1 Å². The van der Waals surface area contributed by atoms with Crippen molar-refractivity contribution in [1.82, 2.24) is 14.7 Å². The van der Waals surface area contributed by atoms with Crippen molar-refractivity contribution >= 4 is 23.5 Å². The number of anilines is 1. The van der Waals surface area contributed by atoms with E-state index in [1.165, 1.54) is 0 Å². The predicted molar refractivity (Wildman–Crippen MR) is 187 cm³/mol. The zero-order chi connectivity index (χ0) is 36.3. The van der Waals surface area contributed by atoms with Crippen molar-refractivity contribution in [3.63, 3.8) is 0 Å². The van der Waals surface area contributed by atoms with E-state index in [0.29, 0.717) is 57.5 Å². The van der Waals surface area contributed by atoms with Crippen LogP contribution in [-0.4, -0.2) is 134 Å². The van der Waals surface area contributed by atoms with E-state index in [9.17, 15) is 19.5 Å². The fourth-order valence-corrected chi connectivity index (χ4v) is 8.02. The van der Waals surface area contributed by atoms with E-state index in [0.717, 1.165) is 0 Å². The van der Waals surface area contributed by atoms with Gasteiger partial charge in [0.2, 0.25) is 0 Å². The molecule has 0 radical (unpaired) electrons. The zero-order valence-corrected chi connectivity index (χ0v) is 31.2. The first kappa shape index (κ1) is 39.2. The van der Waals surface area contributed by atoms with Crippen molar-refractivity contribution < 1.29 is 38.4 Å². The number of hydrogen-bond donors (Lipinski definition) is 2. The number of ketones is 1. The number of nitrogens with zero attached hydrogens (tertiary/aromatic N) is 3. The second-order valence-corrected chi connectivity index (χ2v) is 15.8. The van der Waals surface area contributed by atoms with E-state index in [4.69, 9.17) is 18.9 Å². The van der Waals surface area contributed by atoms with Gasteiger partial charge >= 0.3 is 12.0 Å². The largest absolute Gasteiger partial charge is 0.457 e. The molecule has 0 bridgehead atoms. The Bertz CT molecular complexity index is 1290. The molecule has 49 heavy (non-hydrogen) atoms.